The van der Waals surface area contributed by atoms with Crippen LogP contribution in [0.15, 0.2) is 47.4 Å². The number of carbonyl (C=O) groups excluding carboxylic acids is 2. The van der Waals surface area contributed by atoms with Crippen molar-refractivity contribution in [3.05, 3.63) is 53.6 Å². The number of fused-ring (bicyclic) bond motifs is 1. The minimum absolute atomic E-state index is 0.0304. The molecule has 0 unspecified atom stereocenters. The molecule has 0 bridgehead atoms. The second-order valence-electron chi connectivity index (χ2n) is 8.31. The standard InChI is InChI=1S/C24H29N3O5S/c1-32-22-7-3-2-6-19(22)17-25-33(30,31)20-8-9-21-18(16-20)12-15-27(21)24(29)11-10-23(28)26-13-4-5-14-26/h2-3,6-9,16,25H,4-5,10-15,17H2,1H3. The molecule has 176 valence electrons. The molecule has 1 fully saturated rings. The molecule has 2 aromatic rings. The number of amides is 2. The second-order valence-corrected chi connectivity index (χ2v) is 10.1. The van der Waals surface area contributed by atoms with Crippen LogP contribution in [0.1, 0.15) is 36.8 Å². The third kappa shape index (κ3) is 5.20. The molecule has 4 rings (SSSR count). The van der Waals surface area contributed by atoms with Crippen LogP contribution in [0.2, 0.25) is 0 Å². The minimum atomic E-state index is -3.73. The van der Waals surface area contributed by atoms with Gasteiger partial charge < -0.3 is 14.5 Å². The molecule has 2 aliphatic heterocycles. The van der Waals surface area contributed by atoms with E-state index in [9.17, 15) is 18.0 Å². The Morgan fingerprint density at radius 2 is 1.73 bits per heavy atom. The fraction of sp³-hybridized carbons (Fsp3) is 0.417. The first-order valence-electron chi connectivity index (χ1n) is 11.2. The van der Waals surface area contributed by atoms with E-state index in [1.165, 1.54) is 6.07 Å². The van der Waals surface area contributed by atoms with Gasteiger partial charge in [0.15, 0.2) is 0 Å². The Hall–Kier alpha value is -2.91. The van der Waals surface area contributed by atoms with Gasteiger partial charge in [0.1, 0.15) is 5.75 Å². The van der Waals surface area contributed by atoms with E-state index in [0.717, 1.165) is 42.7 Å². The maximum Gasteiger partial charge on any atom is 0.240 e. The summed E-state index contributed by atoms with van der Waals surface area (Å²) in [6, 6.07) is 12.1. The van der Waals surface area contributed by atoms with E-state index in [0.29, 0.717) is 18.7 Å². The number of ether oxygens (including phenoxy) is 1. The third-order valence-corrected chi connectivity index (χ3v) is 7.61. The van der Waals surface area contributed by atoms with E-state index in [1.54, 1.807) is 30.2 Å². The van der Waals surface area contributed by atoms with Crippen molar-refractivity contribution < 1.29 is 22.7 Å². The molecular weight excluding hydrogens is 442 g/mol. The number of hydrogen-bond donors (Lipinski definition) is 1. The average Bonchev–Trinajstić information content (AvgIpc) is 3.51. The van der Waals surface area contributed by atoms with Crippen molar-refractivity contribution >= 4 is 27.5 Å². The second kappa shape index (κ2) is 9.93. The number of hydrogen-bond acceptors (Lipinski definition) is 5. The number of likely N-dealkylation sites (tertiary alicyclic amines) is 1. The molecule has 33 heavy (non-hydrogen) atoms. The van der Waals surface area contributed by atoms with Crippen LogP contribution in [0.5, 0.6) is 5.75 Å². The summed E-state index contributed by atoms with van der Waals surface area (Å²) in [4.78, 5) is 28.6. The maximum absolute atomic E-state index is 12.8. The first-order chi connectivity index (χ1) is 15.9. The van der Waals surface area contributed by atoms with Gasteiger partial charge in [-0.25, -0.2) is 13.1 Å². The quantitative estimate of drug-likeness (QED) is 0.638. The van der Waals surface area contributed by atoms with E-state index in [2.05, 4.69) is 4.72 Å². The van der Waals surface area contributed by atoms with Crippen molar-refractivity contribution in [3.8, 4) is 5.75 Å². The number of methoxy groups -OCH3 is 1. The Kier molecular flexibility index (Phi) is 6.99. The molecule has 8 nitrogen and oxygen atoms in total. The zero-order chi connectivity index (χ0) is 23.4. The van der Waals surface area contributed by atoms with Crippen LogP contribution in [0.25, 0.3) is 0 Å². The molecule has 1 N–H and O–H groups in total. The lowest BCUT2D eigenvalue weighted by atomic mass is 10.2. The minimum Gasteiger partial charge on any atom is -0.496 e. The number of carbonyl (C=O) groups is 2. The monoisotopic (exact) mass is 471 g/mol. The van der Waals surface area contributed by atoms with Crippen molar-refractivity contribution in [2.45, 2.75) is 43.5 Å². The predicted octanol–water partition coefficient (Wildman–Crippen LogP) is 2.47. The molecule has 2 amide bonds. The Bertz CT molecular complexity index is 1140. The smallest absolute Gasteiger partial charge is 0.240 e. The van der Waals surface area contributed by atoms with Crippen LogP contribution in [0, 0.1) is 0 Å². The van der Waals surface area contributed by atoms with E-state index in [1.807, 2.05) is 23.1 Å². The lowest BCUT2D eigenvalue weighted by molar-refractivity contribution is -0.132. The molecule has 0 aromatic heterocycles. The average molecular weight is 472 g/mol. The van der Waals surface area contributed by atoms with Crippen molar-refractivity contribution in [1.82, 2.24) is 9.62 Å². The molecule has 0 radical (unpaired) electrons. The van der Waals surface area contributed by atoms with Gasteiger partial charge in [0, 0.05) is 50.3 Å². The molecule has 0 atom stereocenters. The largest absolute Gasteiger partial charge is 0.496 e. The van der Waals surface area contributed by atoms with E-state index < -0.39 is 10.0 Å². The third-order valence-electron chi connectivity index (χ3n) is 6.21. The lowest BCUT2D eigenvalue weighted by Gasteiger charge is -2.19. The number of anilines is 1. The normalized spacial score (nSPS) is 15.5. The van der Waals surface area contributed by atoms with Crippen LogP contribution in [0.3, 0.4) is 0 Å². The highest BCUT2D eigenvalue weighted by atomic mass is 32.2. The van der Waals surface area contributed by atoms with Gasteiger partial charge in [-0.2, -0.15) is 0 Å². The van der Waals surface area contributed by atoms with E-state index in [-0.39, 0.29) is 36.1 Å². The van der Waals surface area contributed by atoms with Gasteiger partial charge in [0.2, 0.25) is 21.8 Å². The van der Waals surface area contributed by atoms with Gasteiger partial charge in [-0.05, 0) is 49.1 Å². The van der Waals surface area contributed by atoms with Crippen molar-refractivity contribution in [3.63, 3.8) is 0 Å². The Balaban J connectivity index is 1.40. The molecular formula is C24H29N3O5S. The van der Waals surface area contributed by atoms with Gasteiger partial charge in [0.25, 0.3) is 0 Å². The van der Waals surface area contributed by atoms with E-state index in [4.69, 9.17) is 4.74 Å². The van der Waals surface area contributed by atoms with Gasteiger partial charge in [-0.3, -0.25) is 9.59 Å². The molecule has 2 aliphatic rings. The van der Waals surface area contributed by atoms with Crippen LogP contribution >= 0.6 is 0 Å². The summed E-state index contributed by atoms with van der Waals surface area (Å²) in [7, 11) is -2.19. The van der Waals surface area contributed by atoms with Gasteiger partial charge in [0.05, 0.1) is 12.0 Å². The summed E-state index contributed by atoms with van der Waals surface area (Å²) in [6.45, 7) is 2.16. The maximum atomic E-state index is 12.8. The molecule has 0 saturated carbocycles. The zero-order valence-electron chi connectivity index (χ0n) is 18.7. The lowest BCUT2D eigenvalue weighted by Crippen LogP contribution is -2.32. The zero-order valence-corrected chi connectivity index (χ0v) is 19.6. The molecule has 9 heteroatoms. The number of nitrogens with one attached hydrogen (secondary N) is 1. The van der Waals surface area contributed by atoms with Crippen LogP contribution in [-0.4, -0.2) is 51.9 Å². The number of sulfonamides is 1. The molecule has 0 aliphatic carbocycles. The Labute approximate surface area is 194 Å². The van der Waals surface area contributed by atoms with Crippen LogP contribution in [-0.2, 0) is 32.6 Å². The topological polar surface area (TPSA) is 96.0 Å². The summed E-state index contributed by atoms with van der Waals surface area (Å²) >= 11 is 0. The molecule has 1 saturated heterocycles. The van der Waals surface area contributed by atoms with Crippen LogP contribution < -0.4 is 14.4 Å². The molecule has 0 spiro atoms. The number of rotatable bonds is 8. The van der Waals surface area contributed by atoms with Gasteiger partial charge in [-0.1, -0.05) is 18.2 Å². The summed E-state index contributed by atoms with van der Waals surface area (Å²) in [5.41, 5.74) is 2.27. The fourth-order valence-corrected chi connectivity index (χ4v) is 5.44. The number of benzene rings is 2. The SMILES string of the molecule is COc1ccccc1CNS(=O)(=O)c1ccc2c(c1)CCN2C(=O)CCC(=O)N1CCCC1. The van der Waals surface area contributed by atoms with Gasteiger partial charge in [-0.15, -0.1) is 0 Å². The summed E-state index contributed by atoms with van der Waals surface area (Å²) in [5.74, 6) is 0.542. The summed E-state index contributed by atoms with van der Waals surface area (Å²) in [6.07, 6.45) is 3.01. The highest BCUT2D eigenvalue weighted by Crippen LogP contribution is 2.31. The fourth-order valence-electron chi connectivity index (χ4n) is 4.38. The first-order valence-corrected chi connectivity index (χ1v) is 12.7. The van der Waals surface area contributed by atoms with Crippen molar-refractivity contribution in [1.29, 1.82) is 0 Å². The Morgan fingerprint density at radius 3 is 2.48 bits per heavy atom. The molecule has 2 aromatic carbocycles. The number of nitrogens with zero attached hydrogens (tertiary/aromatic N) is 2. The first kappa shape index (κ1) is 23.3. The Morgan fingerprint density at radius 1 is 1.00 bits per heavy atom. The summed E-state index contributed by atoms with van der Waals surface area (Å²) < 4.78 is 33.6. The van der Waals surface area contributed by atoms with Crippen molar-refractivity contribution in [2.75, 3.05) is 31.6 Å². The number of para-hydroxylation sites is 1. The van der Waals surface area contributed by atoms with Crippen LogP contribution in [0.4, 0.5) is 5.69 Å². The highest BCUT2D eigenvalue weighted by molar-refractivity contribution is 7.89. The highest BCUT2D eigenvalue weighted by Gasteiger charge is 2.28. The van der Waals surface area contributed by atoms with E-state index >= 15 is 0 Å². The summed E-state index contributed by atoms with van der Waals surface area (Å²) in [5, 5.41) is 0. The molecule has 2 heterocycles. The van der Waals surface area contributed by atoms with Gasteiger partial charge >= 0.3 is 0 Å². The predicted molar refractivity (Wildman–Crippen MR) is 125 cm³/mol. The van der Waals surface area contributed by atoms with Crippen molar-refractivity contribution in [2.24, 2.45) is 0 Å².